The van der Waals surface area contributed by atoms with Crippen molar-refractivity contribution < 1.29 is 70.9 Å². The Balaban J connectivity index is 0.000000117. The van der Waals surface area contributed by atoms with Gasteiger partial charge in [-0.1, -0.05) is 116 Å². The minimum absolute atomic E-state index is 0.00646. The van der Waals surface area contributed by atoms with Gasteiger partial charge in [-0.2, -0.15) is 0 Å². The van der Waals surface area contributed by atoms with Gasteiger partial charge in [-0.05, 0) is 477 Å². The van der Waals surface area contributed by atoms with E-state index in [0.29, 0.717) is 150 Å². The molecule has 0 unspecified atom stereocenters. The molecular formula is C110H170Br2F8O7. The largest absolute Gasteiger partial charge is 0.392 e. The van der Waals surface area contributed by atoms with Crippen LogP contribution in [0.4, 0.5) is 35.1 Å². The van der Waals surface area contributed by atoms with Gasteiger partial charge < -0.3 is 35.7 Å². The molecule has 7 N–H and O–H groups in total. The second-order valence-electron chi connectivity index (χ2n) is 51.7. The minimum atomic E-state index is -2.67. The van der Waals surface area contributed by atoms with Crippen molar-refractivity contribution in [2.75, 3.05) is 23.9 Å². The molecule has 0 radical (unpaired) electrons. The zero-order valence-electron chi connectivity index (χ0n) is 80.0. The predicted molar refractivity (Wildman–Crippen MR) is 501 cm³/mol. The molecule has 20 saturated carbocycles. The van der Waals surface area contributed by atoms with Crippen molar-refractivity contribution in [2.45, 2.75) is 391 Å². The molecule has 0 spiro atoms. The van der Waals surface area contributed by atoms with Crippen LogP contribution in [-0.2, 0) is 0 Å². The summed E-state index contributed by atoms with van der Waals surface area (Å²) >= 11 is 7.18. The first-order valence-corrected chi connectivity index (χ1v) is 54.2. The van der Waals surface area contributed by atoms with Gasteiger partial charge in [-0.3, -0.25) is 0 Å². The van der Waals surface area contributed by atoms with Crippen molar-refractivity contribution in [2.24, 2.45) is 205 Å². The van der Waals surface area contributed by atoms with E-state index < -0.39 is 75.9 Å². The average Bonchev–Trinajstić information content (AvgIpc) is 1.68. The molecule has 0 saturated heterocycles. The lowest BCUT2D eigenvalue weighted by molar-refractivity contribution is -0.209. The molecule has 127 heavy (non-hydrogen) atoms. The Labute approximate surface area is 778 Å². The predicted octanol–water partition coefficient (Wildman–Crippen LogP) is 27.2. The summed E-state index contributed by atoms with van der Waals surface area (Å²) in [6.07, 6.45) is 32.9. The van der Waals surface area contributed by atoms with Gasteiger partial charge in [0.15, 0.2) is 0 Å². The van der Waals surface area contributed by atoms with Gasteiger partial charge in [-0.15, -0.1) is 0 Å². The molecule has 42 atom stereocenters. The summed E-state index contributed by atoms with van der Waals surface area (Å²) in [6.45, 7) is 44.1. The lowest BCUT2D eigenvalue weighted by atomic mass is 9.48. The molecule has 722 valence electrons. The number of rotatable bonds is 9. The molecule has 20 aliphatic rings. The van der Waals surface area contributed by atoms with Crippen molar-refractivity contribution in [1.82, 2.24) is 0 Å². The lowest BCUT2D eigenvalue weighted by Crippen LogP contribution is -2.57. The van der Waals surface area contributed by atoms with Crippen LogP contribution in [0, 0.1) is 205 Å². The van der Waals surface area contributed by atoms with Crippen LogP contribution in [0.2, 0.25) is 0 Å². The monoisotopic (exact) mass is 1910 g/mol. The molecule has 17 heteroatoms. The molecule has 0 amide bonds. The van der Waals surface area contributed by atoms with E-state index in [2.05, 4.69) is 106 Å². The Morgan fingerprint density at radius 2 is 0.472 bits per heavy atom. The van der Waals surface area contributed by atoms with E-state index in [1.807, 2.05) is 13.8 Å². The molecule has 7 nitrogen and oxygen atoms in total. The molecule has 20 rings (SSSR count). The number of halogens is 10. The number of aliphatic hydroxyl groups excluding tert-OH is 2. The number of hydrogen-bond donors (Lipinski definition) is 7. The highest BCUT2D eigenvalue weighted by Crippen LogP contribution is 2.75. The standard InChI is InChI=1S/C22H33BrF2O.C22H34BrFO.C22H34F2O2.C22H34F2O.C22H35FO2/c1-13(12-23)17-4-5-18-16-10-22(24,25)19-11-20(2,26)8-6-15(19)14(16)7-9-21(17,18)3;1-13(12-23)18-4-5-19-16-10-20(24)17-11-21(2,25)8-6-15(17)14(16)7-9-22(18,19)3;1-13(12-25)17-4-5-18-16-10-22(23,24)19-11-20(2,26)8-6-15(19)14(16)7-9-21(17,18)3;1-13(2)17-5-6-18-16-11-22(23,24)19-12-20(3,25)9-7-15(19)14(16)8-10-21(17,18)4;1-13(12-24)18-4-5-19-16-10-20(23)17-11-21(2,25)8-6-15(17)14(16)7-9-22(18,19)3/h14-19,26H,1,4-12H2,2-3H3;14-20,25H,1,4-12H2,2-3H3;14-19,25-26H,1,4-12H2,2-3H3;14-19,25H,1,5-12H2,2-4H3;14-20,24-25H,1,4-12H2,2-3H3/t14-,15-,16-,17-,18+,19-,20-,21-;14-,15-,16-,17-,18-,19+,20-,21-,22-;2*14-,15-,16-,17-,18+,19-,20-,21-;14-,15-,16-,17-,18-,19+,20-,21-,22-/m11111/s1. The van der Waals surface area contributed by atoms with E-state index in [0.717, 1.165) is 150 Å². The van der Waals surface area contributed by atoms with Crippen LogP contribution in [0.5, 0.6) is 0 Å². The Hall–Kier alpha value is -1.18. The van der Waals surface area contributed by atoms with Gasteiger partial charge in [-0.25, -0.2) is 35.1 Å². The first kappa shape index (κ1) is 98.9. The summed E-state index contributed by atoms with van der Waals surface area (Å²) in [7, 11) is 0. The maximum absolute atomic E-state index is 15.2. The Morgan fingerprint density at radius 3 is 0.732 bits per heavy atom. The smallest absolute Gasteiger partial charge is 0.251 e. The molecule has 0 aliphatic heterocycles. The van der Waals surface area contributed by atoms with Crippen LogP contribution in [0.15, 0.2) is 60.8 Å². The number of fused-ring (bicyclic) bond motifs is 25. The van der Waals surface area contributed by atoms with Crippen molar-refractivity contribution >= 4 is 31.9 Å². The van der Waals surface area contributed by atoms with Gasteiger partial charge >= 0.3 is 0 Å². The summed E-state index contributed by atoms with van der Waals surface area (Å²) < 4.78 is 122. The van der Waals surface area contributed by atoms with Gasteiger partial charge in [0.05, 0.1) is 41.2 Å². The minimum Gasteiger partial charge on any atom is -0.392 e. The third-order valence-corrected chi connectivity index (χ3v) is 46.1. The van der Waals surface area contributed by atoms with Crippen molar-refractivity contribution in [3.8, 4) is 0 Å². The first-order chi connectivity index (χ1) is 59.3. The fourth-order valence-electron chi connectivity index (χ4n) is 38.9. The van der Waals surface area contributed by atoms with Gasteiger partial charge in [0, 0.05) is 47.7 Å². The number of hydrogen-bond acceptors (Lipinski definition) is 7. The van der Waals surface area contributed by atoms with Crippen LogP contribution >= 0.6 is 31.9 Å². The molecule has 0 aromatic rings. The average molecular weight is 1920 g/mol. The highest BCUT2D eigenvalue weighted by Gasteiger charge is 2.70. The van der Waals surface area contributed by atoms with Crippen LogP contribution in [0.3, 0.4) is 0 Å². The molecule has 20 fully saturated rings. The van der Waals surface area contributed by atoms with Crippen LogP contribution in [0.25, 0.3) is 0 Å². The number of aliphatic hydroxyl groups is 7. The summed E-state index contributed by atoms with van der Waals surface area (Å²) in [6, 6.07) is 0. The number of allylic oxidation sites excluding steroid dienone is 3. The molecule has 0 heterocycles. The van der Waals surface area contributed by atoms with Crippen molar-refractivity contribution in [1.29, 1.82) is 0 Å². The van der Waals surface area contributed by atoms with Crippen molar-refractivity contribution in [3.05, 3.63) is 60.8 Å². The molecule has 20 aliphatic carbocycles. The molecule has 0 aromatic heterocycles. The second kappa shape index (κ2) is 35.6. The van der Waals surface area contributed by atoms with Crippen LogP contribution < -0.4 is 0 Å². The second-order valence-corrected chi connectivity index (χ2v) is 52.8. The topological polar surface area (TPSA) is 142 Å². The maximum atomic E-state index is 15.2. The zero-order valence-corrected chi connectivity index (χ0v) is 83.2. The Bertz CT molecular complexity index is 3790. The molecule has 0 aromatic carbocycles. The Morgan fingerprint density at radius 1 is 0.260 bits per heavy atom. The zero-order chi connectivity index (χ0) is 92.0. The van der Waals surface area contributed by atoms with E-state index >= 15 is 35.1 Å². The normalized spacial score (nSPS) is 54.0. The van der Waals surface area contributed by atoms with Gasteiger partial charge in [0.25, 0.3) is 17.8 Å². The maximum Gasteiger partial charge on any atom is 0.251 e. The van der Waals surface area contributed by atoms with Gasteiger partial charge in [0.2, 0.25) is 0 Å². The van der Waals surface area contributed by atoms with Crippen molar-refractivity contribution in [3.63, 3.8) is 0 Å². The van der Waals surface area contributed by atoms with Crippen LogP contribution in [0.1, 0.15) is 333 Å². The highest BCUT2D eigenvalue weighted by molar-refractivity contribution is 9.09. The fourth-order valence-corrected chi connectivity index (χ4v) is 39.7. The van der Waals surface area contributed by atoms with Gasteiger partial charge in [0.1, 0.15) is 12.3 Å². The van der Waals surface area contributed by atoms with E-state index in [1.54, 1.807) is 20.8 Å². The summed E-state index contributed by atoms with van der Waals surface area (Å²) in [5.41, 5.74) is 2.55. The fraction of sp³-hybridized carbons (Fsp3) is 0.909. The van der Waals surface area contributed by atoms with E-state index in [-0.39, 0.29) is 127 Å². The Kier molecular flexibility index (Phi) is 27.7. The van der Waals surface area contributed by atoms with E-state index in [1.165, 1.54) is 68.1 Å². The first-order valence-electron chi connectivity index (χ1n) is 52.0. The summed E-state index contributed by atoms with van der Waals surface area (Å²) in [4.78, 5) is 0. The molecular weight excluding hydrogens is 1740 g/mol. The third kappa shape index (κ3) is 17.7. The van der Waals surface area contributed by atoms with Crippen LogP contribution in [-0.4, -0.2) is 118 Å². The van der Waals surface area contributed by atoms with E-state index in [4.69, 9.17) is 0 Å². The van der Waals surface area contributed by atoms with E-state index in [9.17, 15) is 35.7 Å². The summed E-state index contributed by atoms with van der Waals surface area (Å²) in [5, 5.41) is 73.0. The SMILES string of the molecule is C=C(C)[C@H]1CC[C@H]2[C@@H]3CC(F)(F)[C@@H]4C[C@](C)(O)CC[C@@H]4[C@H]3CC[C@]12C.C=C(CBr)[C@H]1CC[C@H]2[C@@H]3CC(F)(F)[C@@H]4C[C@](C)(O)CC[C@@H]4[C@H]3CC[C@]12C.C=C(CBr)[C@H]1CC[C@H]2[C@@H]3C[C@@H](F)[C@@H]4C[C@](C)(O)CC[C@@H]4[C@H]3CC[C@]12C.C=C(CO)[C@H]1CC[C@H]2[C@@H]3CC(F)(F)[C@@H]4C[C@](C)(O)CC[C@@H]4[C@H]3CC[C@]12C.C=C(CO)[C@H]1CC[C@H]2[C@@H]3C[C@@H](F)[C@@H]4C[C@](C)(O)CC[C@@H]4[C@H]3CC[C@]12C. The molecule has 0 bridgehead atoms. The summed E-state index contributed by atoms with van der Waals surface area (Å²) in [5.74, 6) is 0.430. The third-order valence-electron chi connectivity index (χ3n) is 44.7. The number of alkyl halides is 10. The lowest BCUT2D eigenvalue weighted by Gasteiger charge is -2.58. The highest BCUT2D eigenvalue weighted by atomic mass is 79.9. The quantitative estimate of drug-likeness (QED) is 0.0693.